The minimum absolute atomic E-state index is 0.0134. The number of carbonyl (C=O) groups excluding carboxylic acids is 1. The predicted octanol–water partition coefficient (Wildman–Crippen LogP) is 4.03. The number of hydrogen-bond donors (Lipinski definition) is 2. The minimum Gasteiger partial charge on any atom is -0.496 e. The highest BCUT2D eigenvalue weighted by atomic mass is 79.9. The first kappa shape index (κ1) is 20.5. The fraction of sp³-hybridized carbons (Fsp3) is 0.381. The molecule has 2 rings (SSSR count). The Morgan fingerprint density at radius 1 is 1.12 bits per heavy atom. The Labute approximate surface area is 164 Å². The molecule has 0 aliphatic rings. The van der Waals surface area contributed by atoms with Gasteiger partial charge < -0.3 is 15.4 Å². The molecule has 0 unspecified atom stereocenters. The molecule has 3 N–H and O–H groups in total. The van der Waals surface area contributed by atoms with Crippen molar-refractivity contribution in [2.24, 2.45) is 0 Å². The molecule has 0 aliphatic heterocycles. The Morgan fingerprint density at radius 3 is 2.27 bits per heavy atom. The molecule has 140 valence electrons. The molecular weight excluding hydrogens is 392 g/mol. The molecule has 5 heteroatoms. The summed E-state index contributed by atoms with van der Waals surface area (Å²) in [6.45, 7) is 10.2. The summed E-state index contributed by atoms with van der Waals surface area (Å²) < 4.78 is 6.19. The van der Waals surface area contributed by atoms with E-state index in [9.17, 15) is 4.79 Å². The van der Waals surface area contributed by atoms with Crippen molar-refractivity contribution in [2.45, 2.75) is 46.7 Å². The number of carbonyl (C=O) groups is 1. The van der Waals surface area contributed by atoms with Gasteiger partial charge in [-0.05, 0) is 79.9 Å². The second-order valence-electron chi connectivity index (χ2n) is 6.93. The number of nitrogens with one attached hydrogen (secondary N) is 1. The number of anilines is 1. The third kappa shape index (κ3) is 4.86. The molecule has 0 spiro atoms. The van der Waals surface area contributed by atoms with E-state index in [0.29, 0.717) is 0 Å². The maximum Gasteiger partial charge on any atom is 0.282 e. The van der Waals surface area contributed by atoms with E-state index in [-0.39, 0.29) is 18.0 Å². The zero-order valence-electron chi connectivity index (χ0n) is 16.3. The molecule has 1 amide bonds. The standard InChI is InChI=1S/C21H27BrN2O2/c1-12-9-13(2)20(14(3)10-12)24-21(25)16(5)23-15(4)17-7-8-19(26-6)18(22)11-17/h7-11,15-16,23H,1-6H3,(H,24,25)/p+1/t15-,16-/m1/s1. The number of aryl methyl sites for hydroxylation is 3. The summed E-state index contributed by atoms with van der Waals surface area (Å²) in [4.78, 5) is 12.7. The molecule has 0 heterocycles. The van der Waals surface area contributed by atoms with E-state index < -0.39 is 0 Å². The van der Waals surface area contributed by atoms with Crippen molar-refractivity contribution in [1.82, 2.24) is 0 Å². The van der Waals surface area contributed by atoms with Gasteiger partial charge >= 0.3 is 0 Å². The van der Waals surface area contributed by atoms with Crippen LogP contribution in [0.15, 0.2) is 34.8 Å². The van der Waals surface area contributed by atoms with Crippen molar-refractivity contribution in [3.05, 3.63) is 57.1 Å². The molecule has 0 fully saturated rings. The van der Waals surface area contributed by atoms with Gasteiger partial charge in [-0.25, -0.2) is 0 Å². The van der Waals surface area contributed by atoms with Gasteiger partial charge in [0.05, 0.1) is 11.6 Å². The van der Waals surface area contributed by atoms with Crippen LogP contribution in [0.2, 0.25) is 0 Å². The molecule has 2 aromatic carbocycles. The Morgan fingerprint density at radius 2 is 1.73 bits per heavy atom. The summed E-state index contributed by atoms with van der Waals surface area (Å²) >= 11 is 3.52. The van der Waals surface area contributed by atoms with Crippen molar-refractivity contribution in [3.8, 4) is 5.75 Å². The van der Waals surface area contributed by atoms with Gasteiger partial charge in [-0.2, -0.15) is 0 Å². The van der Waals surface area contributed by atoms with Crippen molar-refractivity contribution in [1.29, 1.82) is 0 Å². The zero-order chi connectivity index (χ0) is 19.4. The maximum absolute atomic E-state index is 12.7. The number of halogens is 1. The third-order valence-corrected chi connectivity index (χ3v) is 5.24. The van der Waals surface area contributed by atoms with Crippen molar-refractivity contribution in [2.75, 3.05) is 12.4 Å². The number of quaternary nitrogens is 1. The van der Waals surface area contributed by atoms with Crippen LogP contribution in [0.4, 0.5) is 5.69 Å². The average molecular weight is 420 g/mol. The van der Waals surface area contributed by atoms with Crippen LogP contribution >= 0.6 is 15.9 Å². The quantitative estimate of drug-likeness (QED) is 0.742. The summed E-state index contributed by atoms with van der Waals surface area (Å²) in [7, 11) is 1.65. The second kappa shape index (κ2) is 8.69. The molecule has 2 aromatic rings. The Hall–Kier alpha value is -1.85. The fourth-order valence-electron chi connectivity index (χ4n) is 3.21. The number of nitrogens with two attached hydrogens (primary N) is 1. The summed E-state index contributed by atoms with van der Waals surface area (Å²) in [6, 6.07) is 10.1. The third-order valence-electron chi connectivity index (χ3n) is 4.62. The Balaban J connectivity index is 2.06. The normalized spacial score (nSPS) is 13.2. The predicted molar refractivity (Wildman–Crippen MR) is 110 cm³/mol. The Kier molecular flexibility index (Phi) is 6.84. The first-order valence-corrected chi connectivity index (χ1v) is 9.59. The van der Waals surface area contributed by atoms with Crippen LogP contribution in [-0.4, -0.2) is 19.1 Å². The first-order chi connectivity index (χ1) is 12.2. The van der Waals surface area contributed by atoms with E-state index in [4.69, 9.17) is 4.74 Å². The van der Waals surface area contributed by atoms with E-state index in [2.05, 4.69) is 52.5 Å². The van der Waals surface area contributed by atoms with Crippen molar-refractivity contribution >= 4 is 27.5 Å². The van der Waals surface area contributed by atoms with E-state index in [1.165, 1.54) is 5.56 Å². The van der Waals surface area contributed by atoms with Gasteiger partial charge in [-0.15, -0.1) is 0 Å². The van der Waals surface area contributed by atoms with Gasteiger partial charge in [0.15, 0.2) is 6.04 Å². The van der Waals surface area contributed by atoms with Crippen molar-refractivity contribution < 1.29 is 14.8 Å². The van der Waals surface area contributed by atoms with Crippen LogP contribution in [0.25, 0.3) is 0 Å². The van der Waals surface area contributed by atoms with Crippen LogP contribution in [0, 0.1) is 20.8 Å². The molecule has 4 nitrogen and oxygen atoms in total. The van der Waals surface area contributed by atoms with Gasteiger partial charge in [0.1, 0.15) is 11.8 Å². The van der Waals surface area contributed by atoms with Gasteiger partial charge in [-0.3, -0.25) is 4.79 Å². The largest absolute Gasteiger partial charge is 0.496 e. The van der Waals surface area contributed by atoms with Crippen molar-refractivity contribution in [3.63, 3.8) is 0 Å². The molecule has 0 radical (unpaired) electrons. The molecule has 0 aromatic heterocycles. The lowest BCUT2D eigenvalue weighted by molar-refractivity contribution is -0.709. The molecule has 26 heavy (non-hydrogen) atoms. The molecule has 2 atom stereocenters. The molecule has 0 bridgehead atoms. The van der Waals surface area contributed by atoms with Gasteiger partial charge in [0, 0.05) is 11.3 Å². The maximum atomic E-state index is 12.7. The highest BCUT2D eigenvalue weighted by Crippen LogP contribution is 2.27. The second-order valence-corrected chi connectivity index (χ2v) is 7.78. The lowest BCUT2D eigenvalue weighted by Crippen LogP contribution is -2.91. The molecule has 0 aliphatic carbocycles. The minimum atomic E-state index is -0.203. The summed E-state index contributed by atoms with van der Waals surface area (Å²) in [5.74, 6) is 0.816. The van der Waals surface area contributed by atoms with Crippen LogP contribution in [-0.2, 0) is 4.79 Å². The number of ether oxygens (including phenoxy) is 1. The smallest absolute Gasteiger partial charge is 0.282 e. The topological polar surface area (TPSA) is 54.9 Å². The number of hydrogen-bond acceptors (Lipinski definition) is 2. The van der Waals surface area contributed by atoms with Gasteiger partial charge in [0.2, 0.25) is 0 Å². The number of benzene rings is 2. The van der Waals surface area contributed by atoms with Crippen LogP contribution < -0.4 is 15.4 Å². The van der Waals surface area contributed by atoms with Gasteiger partial charge in [-0.1, -0.05) is 17.7 Å². The number of methoxy groups -OCH3 is 1. The summed E-state index contributed by atoms with van der Waals surface area (Å²) in [5.41, 5.74) is 5.45. The van der Waals surface area contributed by atoms with Crippen LogP contribution in [0.1, 0.15) is 42.1 Å². The summed E-state index contributed by atoms with van der Waals surface area (Å²) in [5, 5.41) is 5.16. The lowest BCUT2D eigenvalue weighted by Gasteiger charge is -2.19. The van der Waals surface area contributed by atoms with E-state index >= 15 is 0 Å². The van der Waals surface area contributed by atoms with E-state index in [1.807, 2.05) is 39.0 Å². The fourth-order valence-corrected chi connectivity index (χ4v) is 3.77. The monoisotopic (exact) mass is 419 g/mol. The SMILES string of the molecule is COc1ccc([C@@H](C)[NH2+][C@H](C)C(=O)Nc2c(C)cc(C)cc2C)cc1Br. The number of amides is 1. The highest BCUT2D eigenvalue weighted by molar-refractivity contribution is 9.10. The molecule has 0 saturated heterocycles. The molecule has 0 saturated carbocycles. The van der Waals surface area contributed by atoms with Crippen LogP contribution in [0.3, 0.4) is 0 Å². The van der Waals surface area contributed by atoms with Gasteiger partial charge in [0.25, 0.3) is 5.91 Å². The van der Waals surface area contributed by atoms with Crippen LogP contribution in [0.5, 0.6) is 5.75 Å². The van der Waals surface area contributed by atoms with E-state index in [0.717, 1.165) is 32.6 Å². The summed E-state index contributed by atoms with van der Waals surface area (Å²) in [6.07, 6.45) is 0. The van der Waals surface area contributed by atoms with E-state index in [1.54, 1.807) is 7.11 Å². The highest BCUT2D eigenvalue weighted by Gasteiger charge is 2.22. The number of rotatable bonds is 6. The zero-order valence-corrected chi connectivity index (χ0v) is 17.9. The lowest BCUT2D eigenvalue weighted by atomic mass is 10.0. The Bertz CT molecular complexity index is 782. The average Bonchev–Trinajstić information content (AvgIpc) is 2.57. The molecular formula is C21H28BrN2O2+. The first-order valence-electron chi connectivity index (χ1n) is 8.80.